The van der Waals surface area contributed by atoms with Crippen LogP contribution >= 0.6 is 0 Å². The van der Waals surface area contributed by atoms with Gasteiger partial charge in [0.2, 0.25) is 0 Å². The normalized spacial score (nSPS) is 10.3. The first-order chi connectivity index (χ1) is 10.4. The van der Waals surface area contributed by atoms with Gasteiger partial charge in [-0.25, -0.2) is 0 Å². The topological polar surface area (TPSA) is 49.8 Å². The highest BCUT2D eigenvalue weighted by atomic mass is 14.9. The molecule has 0 radical (unpaired) electrons. The van der Waals surface area contributed by atoms with Crippen LogP contribution < -0.4 is 10.6 Å². The molecule has 0 aliphatic heterocycles. The lowest BCUT2D eigenvalue weighted by molar-refractivity contribution is 1.15. The lowest BCUT2D eigenvalue weighted by atomic mass is 10.2. The zero-order valence-electron chi connectivity index (χ0n) is 11.6. The summed E-state index contributed by atoms with van der Waals surface area (Å²) in [6, 6.07) is 14.2. The van der Waals surface area contributed by atoms with E-state index < -0.39 is 0 Å². The van der Waals surface area contributed by atoms with Crippen LogP contribution in [0.15, 0.2) is 67.6 Å². The smallest absolute Gasteiger partial charge is 0.112 e. The molecule has 4 nitrogen and oxygen atoms in total. The Bertz CT molecular complexity index is 745. The third-order valence-electron chi connectivity index (χ3n) is 3.20. The first-order valence-corrected chi connectivity index (χ1v) is 6.77. The zero-order valence-corrected chi connectivity index (χ0v) is 11.6. The number of para-hydroxylation sites is 1. The summed E-state index contributed by atoms with van der Waals surface area (Å²) >= 11 is 0. The Hall–Kier alpha value is -2.88. The molecule has 104 valence electrons. The maximum Gasteiger partial charge on any atom is 0.112 e. The highest BCUT2D eigenvalue weighted by Crippen LogP contribution is 2.20. The molecule has 0 fully saturated rings. The summed E-state index contributed by atoms with van der Waals surface area (Å²) in [5.74, 6) is 0. The molecule has 0 aliphatic rings. The van der Waals surface area contributed by atoms with Crippen LogP contribution in [0.2, 0.25) is 0 Å². The van der Waals surface area contributed by atoms with Gasteiger partial charge >= 0.3 is 0 Å². The molecule has 0 saturated heterocycles. The van der Waals surface area contributed by atoms with Gasteiger partial charge in [-0.3, -0.25) is 9.97 Å². The Morgan fingerprint density at radius 3 is 2.62 bits per heavy atom. The molecule has 0 amide bonds. The highest BCUT2D eigenvalue weighted by molar-refractivity contribution is 5.87. The number of hydrogen-bond donors (Lipinski definition) is 2. The Kier molecular flexibility index (Phi) is 3.78. The van der Waals surface area contributed by atoms with E-state index in [2.05, 4.69) is 39.3 Å². The van der Waals surface area contributed by atoms with Crippen LogP contribution in [0, 0.1) is 0 Å². The fourth-order valence-corrected chi connectivity index (χ4v) is 2.17. The number of benzene rings is 2. The molecular weight excluding hydrogens is 260 g/mol. The maximum atomic E-state index is 4.39. The van der Waals surface area contributed by atoms with Crippen molar-refractivity contribution in [2.75, 3.05) is 10.6 Å². The number of anilines is 2. The quantitative estimate of drug-likeness (QED) is 0.744. The van der Waals surface area contributed by atoms with Gasteiger partial charge in [0.25, 0.3) is 0 Å². The Morgan fingerprint density at radius 1 is 1.00 bits per heavy atom. The summed E-state index contributed by atoms with van der Waals surface area (Å²) in [6.07, 6.45) is 5.09. The lowest BCUT2D eigenvalue weighted by Crippen LogP contribution is -2.01. The van der Waals surface area contributed by atoms with E-state index in [0.717, 1.165) is 29.0 Å². The van der Waals surface area contributed by atoms with Crippen LogP contribution in [0.1, 0.15) is 5.56 Å². The molecule has 0 spiro atoms. The van der Waals surface area contributed by atoms with Crippen molar-refractivity contribution in [1.29, 1.82) is 0 Å². The number of hydrogen-bond acceptors (Lipinski definition) is 4. The highest BCUT2D eigenvalue weighted by Gasteiger charge is 2.02. The van der Waals surface area contributed by atoms with Gasteiger partial charge < -0.3 is 10.6 Å². The predicted molar refractivity (Wildman–Crippen MR) is 87.1 cm³/mol. The molecule has 2 N–H and O–H groups in total. The van der Waals surface area contributed by atoms with E-state index in [1.807, 2.05) is 30.3 Å². The Balaban J connectivity index is 1.75. The van der Waals surface area contributed by atoms with E-state index in [9.17, 15) is 0 Å². The molecule has 0 aliphatic carbocycles. The third-order valence-corrected chi connectivity index (χ3v) is 3.20. The van der Waals surface area contributed by atoms with Crippen molar-refractivity contribution in [1.82, 2.24) is 9.97 Å². The number of nitrogens with one attached hydrogen (secondary N) is 2. The first-order valence-electron chi connectivity index (χ1n) is 6.77. The van der Waals surface area contributed by atoms with E-state index in [0.29, 0.717) is 0 Å². The molecule has 3 rings (SSSR count). The molecule has 1 aromatic heterocycles. The minimum atomic E-state index is 0.740. The zero-order chi connectivity index (χ0) is 14.5. The summed E-state index contributed by atoms with van der Waals surface area (Å²) < 4.78 is 0. The molecule has 21 heavy (non-hydrogen) atoms. The fourth-order valence-electron chi connectivity index (χ4n) is 2.17. The van der Waals surface area contributed by atoms with Gasteiger partial charge in [0.1, 0.15) is 5.52 Å². The largest absolute Gasteiger partial charge is 0.379 e. The second-order valence-corrected chi connectivity index (χ2v) is 4.63. The van der Waals surface area contributed by atoms with E-state index in [4.69, 9.17) is 0 Å². The molecule has 4 heteroatoms. The van der Waals surface area contributed by atoms with Gasteiger partial charge in [0.05, 0.1) is 11.2 Å². The average Bonchev–Trinajstić information content (AvgIpc) is 2.54. The van der Waals surface area contributed by atoms with Crippen LogP contribution in [-0.4, -0.2) is 9.97 Å². The standard InChI is InChI=1S/C17H16N4/c1-2-18-14-8-6-13(7-9-14)12-21-16-5-3-4-15-17(16)20-11-10-19-15/h2-11,18,21H,1,12H2. The van der Waals surface area contributed by atoms with Crippen molar-refractivity contribution < 1.29 is 0 Å². The number of nitrogens with zero attached hydrogens (tertiary/aromatic N) is 2. The fraction of sp³-hybridized carbons (Fsp3) is 0.0588. The molecule has 3 aromatic rings. The first kappa shape index (κ1) is 13.1. The maximum absolute atomic E-state index is 4.39. The van der Waals surface area contributed by atoms with Crippen LogP contribution in [-0.2, 0) is 6.54 Å². The number of fused-ring (bicyclic) bond motifs is 1. The van der Waals surface area contributed by atoms with E-state index in [-0.39, 0.29) is 0 Å². The minimum Gasteiger partial charge on any atom is -0.379 e. The number of aromatic nitrogens is 2. The molecule has 2 aromatic carbocycles. The molecule has 0 bridgehead atoms. The van der Waals surface area contributed by atoms with Crippen LogP contribution in [0.5, 0.6) is 0 Å². The molecule has 1 heterocycles. The summed E-state index contributed by atoms with van der Waals surface area (Å²) in [5, 5.41) is 6.47. The van der Waals surface area contributed by atoms with Gasteiger partial charge in [0, 0.05) is 24.6 Å². The molecule has 0 unspecified atom stereocenters. The third kappa shape index (κ3) is 3.00. The van der Waals surface area contributed by atoms with Crippen molar-refractivity contribution >= 4 is 22.4 Å². The monoisotopic (exact) mass is 276 g/mol. The summed E-state index contributed by atoms with van der Waals surface area (Å²) in [7, 11) is 0. The predicted octanol–water partition coefficient (Wildman–Crippen LogP) is 3.80. The van der Waals surface area contributed by atoms with E-state index in [1.54, 1.807) is 18.6 Å². The molecule has 0 atom stereocenters. The number of rotatable bonds is 5. The van der Waals surface area contributed by atoms with E-state index >= 15 is 0 Å². The van der Waals surface area contributed by atoms with E-state index in [1.165, 1.54) is 5.56 Å². The van der Waals surface area contributed by atoms with Crippen molar-refractivity contribution in [3.63, 3.8) is 0 Å². The second kappa shape index (κ2) is 6.05. The summed E-state index contributed by atoms with van der Waals surface area (Å²) in [6.45, 7) is 4.39. The Labute approximate surface area is 123 Å². The van der Waals surface area contributed by atoms with Crippen molar-refractivity contribution in [3.05, 3.63) is 73.2 Å². The molecule has 0 saturated carbocycles. The van der Waals surface area contributed by atoms with Gasteiger partial charge in [-0.05, 0) is 36.0 Å². The minimum absolute atomic E-state index is 0.740. The van der Waals surface area contributed by atoms with Gasteiger partial charge in [-0.15, -0.1) is 0 Å². The van der Waals surface area contributed by atoms with Crippen LogP contribution in [0.25, 0.3) is 11.0 Å². The summed E-state index contributed by atoms with van der Waals surface area (Å²) in [4.78, 5) is 8.69. The van der Waals surface area contributed by atoms with Crippen molar-refractivity contribution in [3.8, 4) is 0 Å². The van der Waals surface area contributed by atoms with Gasteiger partial charge in [0.15, 0.2) is 0 Å². The van der Waals surface area contributed by atoms with Gasteiger partial charge in [-0.2, -0.15) is 0 Å². The SMILES string of the molecule is C=CNc1ccc(CNc2cccc3nccnc23)cc1. The van der Waals surface area contributed by atoms with Crippen LogP contribution in [0.3, 0.4) is 0 Å². The van der Waals surface area contributed by atoms with Crippen molar-refractivity contribution in [2.24, 2.45) is 0 Å². The van der Waals surface area contributed by atoms with Gasteiger partial charge in [-0.1, -0.05) is 24.8 Å². The Morgan fingerprint density at radius 2 is 1.81 bits per heavy atom. The lowest BCUT2D eigenvalue weighted by Gasteiger charge is -2.09. The molecular formula is C17H16N4. The van der Waals surface area contributed by atoms with Crippen molar-refractivity contribution in [2.45, 2.75) is 6.54 Å². The second-order valence-electron chi connectivity index (χ2n) is 4.63. The van der Waals surface area contributed by atoms with Crippen LogP contribution in [0.4, 0.5) is 11.4 Å². The average molecular weight is 276 g/mol. The summed E-state index contributed by atoms with van der Waals surface area (Å²) in [5.41, 5.74) is 5.02.